The molecular weight excluding hydrogens is 424 g/mol. The summed E-state index contributed by atoms with van der Waals surface area (Å²) in [6.07, 6.45) is 5.39. The van der Waals surface area contributed by atoms with Crippen LogP contribution in [0.2, 0.25) is 0 Å². The first kappa shape index (κ1) is 23.6. The number of fused-ring (bicyclic) bond motifs is 3. The SMILES string of the molecule is CCCCOc1ccc2c(c1)-c1ccccc1/C2=C\COc1ccc(CCC(=O)OCC)cc1. The van der Waals surface area contributed by atoms with Crippen LogP contribution in [0.5, 0.6) is 11.5 Å². The minimum Gasteiger partial charge on any atom is -0.494 e. The van der Waals surface area contributed by atoms with Crippen molar-refractivity contribution >= 4 is 11.5 Å². The van der Waals surface area contributed by atoms with Crippen LogP contribution in [0, 0.1) is 0 Å². The highest BCUT2D eigenvalue weighted by molar-refractivity contribution is 6.01. The first-order chi connectivity index (χ1) is 16.7. The van der Waals surface area contributed by atoms with E-state index < -0.39 is 0 Å². The van der Waals surface area contributed by atoms with Crippen LogP contribution in [0.3, 0.4) is 0 Å². The standard InChI is InChI=1S/C30H32O4/c1-3-5-19-33-24-15-16-27-28(25-8-6-7-9-26(25)29(27)21-24)18-20-34-23-13-10-22(11-14-23)12-17-30(31)32-4-2/h6-11,13-16,18,21H,3-5,12,17,19-20H2,1-2H3/b28-18+. The highest BCUT2D eigenvalue weighted by Crippen LogP contribution is 2.45. The van der Waals surface area contributed by atoms with Gasteiger partial charge in [0.1, 0.15) is 18.1 Å². The topological polar surface area (TPSA) is 44.8 Å². The molecule has 0 bridgehead atoms. The lowest BCUT2D eigenvalue weighted by molar-refractivity contribution is -0.143. The number of unbranched alkanes of at least 4 members (excludes halogenated alkanes) is 1. The number of hydrogen-bond donors (Lipinski definition) is 0. The quantitative estimate of drug-likeness (QED) is 0.183. The lowest BCUT2D eigenvalue weighted by atomic mass is 10.0. The number of benzene rings is 3. The van der Waals surface area contributed by atoms with E-state index in [-0.39, 0.29) is 5.97 Å². The van der Waals surface area contributed by atoms with Gasteiger partial charge in [0.25, 0.3) is 0 Å². The van der Waals surface area contributed by atoms with E-state index in [1.807, 2.05) is 31.2 Å². The van der Waals surface area contributed by atoms with Gasteiger partial charge in [-0.15, -0.1) is 0 Å². The largest absolute Gasteiger partial charge is 0.494 e. The van der Waals surface area contributed by atoms with Crippen molar-refractivity contribution in [3.8, 4) is 22.6 Å². The van der Waals surface area contributed by atoms with Crippen LogP contribution in [0.15, 0.2) is 72.8 Å². The Kier molecular flexibility index (Phi) is 8.03. The smallest absolute Gasteiger partial charge is 0.306 e. The van der Waals surface area contributed by atoms with Crippen molar-refractivity contribution in [2.75, 3.05) is 19.8 Å². The Morgan fingerprint density at radius 1 is 0.824 bits per heavy atom. The predicted octanol–water partition coefficient (Wildman–Crippen LogP) is 6.85. The number of rotatable bonds is 11. The Hall–Kier alpha value is -3.53. The summed E-state index contributed by atoms with van der Waals surface area (Å²) in [5.41, 5.74) is 7.16. The first-order valence-corrected chi connectivity index (χ1v) is 12.1. The third-order valence-corrected chi connectivity index (χ3v) is 5.94. The van der Waals surface area contributed by atoms with Crippen LogP contribution in [-0.4, -0.2) is 25.8 Å². The Balaban J connectivity index is 1.43. The van der Waals surface area contributed by atoms with Crippen molar-refractivity contribution in [3.63, 3.8) is 0 Å². The molecule has 34 heavy (non-hydrogen) atoms. The molecule has 0 N–H and O–H groups in total. The molecule has 0 heterocycles. The van der Waals surface area contributed by atoms with Gasteiger partial charge < -0.3 is 14.2 Å². The third-order valence-electron chi connectivity index (χ3n) is 5.94. The Bertz CT molecular complexity index is 1140. The number of ether oxygens (including phenoxy) is 3. The zero-order valence-electron chi connectivity index (χ0n) is 20.0. The monoisotopic (exact) mass is 456 g/mol. The van der Waals surface area contributed by atoms with Crippen molar-refractivity contribution in [2.24, 2.45) is 0 Å². The lowest BCUT2D eigenvalue weighted by Gasteiger charge is -2.09. The summed E-state index contributed by atoms with van der Waals surface area (Å²) >= 11 is 0. The van der Waals surface area contributed by atoms with E-state index in [2.05, 4.69) is 55.5 Å². The molecule has 0 spiro atoms. The van der Waals surface area contributed by atoms with Gasteiger partial charge in [-0.3, -0.25) is 4.79 Å². The maximum Gasteiger partial charge on any atom is 0.306 e. The third kappa shape index (κ3) is 5.69. The minimum absolute atomic E-state index is 0.161. The Morgan fingerprint density at radius 3 is 2.32 bits per heavy atom. The van der Waals surface area contributed by atoms with Crippen LogP contribution in [-0.2, 0) is 16.0 Å². The van der Waals surface area contributed by atoms with Crippen LogP contribution >= 0.6 is 0 Å². The van der Waals surface area contributed by atoms with Gasteiger partial charge >= 0.3 is 5.97 Å². The molecule has 0 fully saturated rings. The van der Waals surface area contributed by atoms with Gasteiger partial charge in [0.2, 0.25) is 0 Å². The second kappa shape index (κ2) is 11.6. The molecule has 0 saturated carbocycles. The summed E-state index contributed by atoms with van der Waals surface area (Å²) in [5, 5.41) is 0. The predicted molar refractivity (Wildman–Crippen MR) is 136 cm³/mol. The van der Waals surface area contributed by atoms with E-state index in [0.29, 0.717) is 26.1 Å². The summed E-state index contributed by atoms with van der Waals surface area (Å²) < 4.78 is 16.9. The molecule has 0 saturated heterocycles. The van der Waals surface area contributed by atoms with Crippen molar-refractivity contribution in [1.29, 1.82) is 0 Å². The van der Waals surface area contributed by atoms with Gasteiger partial charge in [-0.25, -0.2) is 0 Å². The fourth-order valence-corrected chi connectivity index (χ4v) is 4.18. The van der Waals surface area contributed by atoms with E-state index in [1.54, 1.807) is 0 Å². The molecule has 0 aliphatic heterocycles. The van der Waals surface area contributed by atoms with E-state index in [9.17, 15) is 4.79 Å². The number of hydrogen-bond acceptors (Lipinski definition) is 4. The zero-order valence-corrected chi connectivity index (χ0v) is 20.0. The van der Waals surface area contributed by atoms with Crippen LogP contribution in [0.4, 0.5) is 0 Å². The summed E-state index contributed by atoms with van der Waals surface area (Å²) in [7, 11) is 0. The number of carbonyl (C=O) groups is 1. The molecule has 4 rings (SSSR count). The van der Waals surface area contributed by atoms with E-state index in [4.69, 9.17) is 14.2 Å². The molecule has 0 aromatic heterocycles. The average molecular weight is 457 g/mol. The molecule has 1 aliphatic rings. The molecule has 4 nitrogen and oxygen atoms in total. The number of carbonyl (C=O) groups excluding carboxylic acids is 1. The second-order valence-electron chi connectivity index (χ2n) is 8.33. The second-order valence-corrected chi connectivity index (χ2v) is 8.33. The summed E-state index contributed by atoms with van der Waals surface area (Å²) in [4.78, 5) is 11.5. The molecule has 3 aromatic rings. The molecule has 0 unspecified atom stereocenters. The minimum atomic E-state index is -0.161. The Morgan fingerprint density at radius 2 is 1.56 bits per heavy atom. The van der Waals surface area contributed by atoms with Crippen molar-refractivity contribution < 1.29 is 19.0 Å². The molecule has 176 valence electrons. The van der Waals surface area contributed by atoms with E-state index >= 15 is 0 Å². The molecular formula is C30H32O4. The van der Waals surface area contributed by atoms with Gasteiger partial charge in [0.15, 0.2) is 0 Å². The molecule has 0 radical (unpaired) electrons. The van der Waals surface area contributed by atoms with Gasteiger partial charge in [-0.2, -0.15) is 0 Å². The highest BCUT2D eigenvalue weighted by Gasteiger charge is 2.23. The van der Waals surface area contributed by atoms with Crippen LogP contribution < -0.4 is 9.47 Å². The fourth-order valence-electron chi connectivity index (χ4n) is 4.18. The lowest BCUT2D eigenvalue weighted by Crippen LogP contribution is -2.05. The van der Waals surface area contributed by atoms with Crippen LogP contribution in [0.25, 0.3) is 16.7 Å². The average Bonchev–Trinajstić information content (AvgIpc) is 3.17. The maximum atomic E-state index is 11.5. The van der Waals surface area contributed by atoms with Crippen molar-refractivity contribution in [1.82, 2.24) is 0 Å². The summed E-state index contributed by atoms with van der Waals surface area (Å²) in [6.45, 7) is 5.63. The van der Waals surface area contributed by atoms with Gasteiger partial charge in [-0.1, -0.05) is 55.8 Å². The molecule has 0 amide bonds. The van der Waals surface area contributed by atoms with E-state index in [1.165, 1.54) is 27.8 Å². The highest BCUT2D eigenvalue weighted by atomic mass is 16.5. The molecule has 3 aromatic carbocycles. The first-order valence-electron chi connectivity index (χ1n) is 12.1. The van der Waals surface area contributed by atoms with E-state index in [0.717, 1.165) is 36.5 Å². The fraction of sp³-hybridized carbons (Fsp3) is 0.300. The Labute approximate surface area is 202 Å². The maximum absolute atomic E-state index is 11.5. The molecule has 1 aliphatic carbocycles. The van der Waals surface area contributed by atoms with Gasteiger partial charge in [0.05, 0.1) is 13.2 Å². The van der Waals surface area contributed by atoms with Crippen molar-refractivity contribution in [3.05, 3.63) is 89.5 Å². The summed E-state index contributed by atoms with van der Waals surface area (Å²) in [6, 6.07) is 22.8. The summed E-state index contributed by atoms with van der Waals surface area (Å²) in [5.74, 6) is 1.57. The van der Waals surface area contributed by atoms with Gasteiger partial charge in [-0.05, 0) is 83.5 Å². The normalized spacial score (nSPS) is 12.8. The molecule has 4 heteroatoms. The number of esters is 1. The van der Waals surface area contributed by atoms with Gasteiger partial charge in [0, 0.05) is 6.42 Å². The zero-order chi connectivity index (χ0) is 23.8. The van der Waals surface area contributed by atoms with Crippen molar-refractivity contribution in [2.45, 2.75) is 39.5 Å². The van der Waals surface area contributed by atoms with Crippen LogP contribution in [0.1, 0.15) is 49.8 Å². The number of aryl methyl sites for hydroxylation is 1. The molecule has 0 atom stereocenters.